The van der Waals surface area contributed by atoms with Crippen LogP contribution in [0, 0.1) is 0 Å². The molecule has 1 unspecified atom stereocenters. The standard InChI is InChI=1S/C8H19N3O/c1-8-7-11(9)4-3-10(8)5-6-12-2/h8H,3-7,9H2,1-2H3. The van der Waals surface area contributed by atoms with E-state index in [4.69, 9.17) is 10.6 Å². The first kappa shape index (κ1) is 9.92. The molecule has 2 N–H and O–H groups in total. The van der Waals surface area contributed by atoms with Gasteiger partial charge in [0.25, 0.3) is 0 Å². The summed E-state index contributed by atoms with van der Waals surface area (Å²) in [5.41, 5.74) is 0. The lowest BCUT2D eigenvalue weighted by Gasteiger charge is -2.37. The Bertz CT molecular complexity index is 129. The van der Waals surface area contributed by atoms with E-state index in [1.165, 1.54) is 0 Å². The molecule has 1 saturated heterocycles. The topological polar surface area (TPSA) is 41.7 Å². The minimum Gasteiger partial charge on any atom is -0.383 e. The van der Waals surface area contributed by atoms with Crippen molar-refractivity contribution in [2.24, 2.45) is 5.84 Å². The van der Waals surface area contributed by atoms with Crippen molar-refractivity contribution in [3.05, 3.63) is 0 Å². The maximum Gasteiger partial charge on any atom is 0.0589 e. The van der Waals surface area contributed by atoms with E-state index in [0.717, 1.165) is 32.8 Å². The lowest BCUT2D eigenvalue weighted by Crippen LogP contribution is -2.54. The predicted octanol–water partition coefficient (Wildman–Crippen LogP) is -0.487. The SMILES string of the molecule is COCCN1CCN(N)CC1C. The third-order valence-electron chi connectivity index (χ3n) is 2.38. The van der Waals surface area contributed by atoms with Gasteiger partial charge in [0.2, 0.25) is 0 Å². The molecule has 1 aliphatic rings. The van der Waals surface area contributed by atoms with Crippen molar-refractivity contribution in [3.8, 4) is 0 Å². The number of methoxy groups -OCH3 is 1. The van der Waals surface area contributed by atoms with Crippen LogP contribution in [-0.2, 0) is 4.74 Å². The minimum atomic E-state index is 0.555. The van der Waals surface area contributed by atoms with Crippen LogP contribution in [0.3, 0.4) is 0 Å². The molecule has 0 aromatic carbocycles. The van der Waals surface area contributed by atoms with E-state index in [0.29, 0.717) is 6.04 Å². The molecule has 1 rings (SSSR count). The molecule has 72 valence electrons. The maximum absolute atomic E-state index is 5.69. The quantitative estimate of drug-likeness (QED) is 0.585. The lowest BCUT2D eigenvalue weighted by atomic mass is 10.2. The van der Waals surface area contributed by atoms with Gasteiger partial charge >= 0.3 is 0 Å². The number of nitrogens with two attached hydrogens (primary N) is 1. The molecule has 0 radical (unpaired) electrons. The zero-order valence-electron chi connectivity index (χ0n) is 7.99. The smallest absolute Gasteiger partial charge is 0.0589 e. The summed E-state index contributed by atoms with van der Waals surface area (Å²) in [4.78, 5) is 2.41. The molecule has 1 fully saturated rings. The molecule has 1 aliphatic heterocycles. The molecular weight excluding hydrogens is 154 g/mol. The predicted molar refractivity (Wildman–Crippen MR) is 48.7 cm³/mol. The van der Waals surface area contributed by atoms with Gasteiger partial charge in [-0.1, -0.05) is 0 Å². The molecule has 12 heavy (non-hydrogen) atoms. The third-order valence-corrected chi connectivity index (χ3v) is 2.38. The summed E-state index contributed by atoms with van der Waals surface area (Å²) in [6.45, 7) is 7.02. The van der Waals surface area contributed by atoms with Crippen LogP contribution in [0.4, 0.5) is 0 Å². The molecule has 0 aromatic rings. The van der Waals surface area contributed by atoms with Gasteiger partial charge in [-0.2, -0.15) is 0 Å². The zero-order valence-corrected chi connectivity index (χ0v) is 7.99. The van der Waals surface area contributed by atoms with Gasteiger partial charge in [-0.15, -0.1) is 0 Å². The summed E-state index contributed by atoms with van der Waals surface area (Å²) in [7, 11) is 1.74. The molecular formula is C8H19N3O. The van der Waals surface area contributed by atoms with Gasteiger partial charge in [0.05, 0.1) is 6.61 Å². The summed E-state index contributed by atoms with van der Waals surface area (Å²) in [5, 5.41) is 1.88. The molecule has 0 bridgehead atoms. The van der Waals surface area contributed by atoms with Gasteiger partial charge in [0.15, 0.2) is 0 Å². The van der Waals surface area contributed by atoms with Crippen molar-refractivity contribution in [1.82, 2.24) is 9.91 Å². The fourth-order valence-electron chi connectivity index (χ4n) is 1.56. The van der Waals surface area contributed by atoms with Crippen LogP contribution in [0.1, 0.15) is 6.92 Å². The highest BCUT2D eigenvalue weighted by Crippen LogP contribution is 2.05. The number of nitrogens with zero attached hydrogens (tertiary/aromatic N) is 2. The van der Waals surface area contributed by atoms with E-state index >= 15 is 0 Å². The fraction of sp³-hybridized carbons (Fsp3) is 1.00. The lowest BCUT2D eigenvalue weighted by molar-refractivity contribution is 0.0591. The Balaban J connectivity index is 2.25. The van der Waals surface area contributed by atoms with Gasteiger partial charge in [-0.05, 0) is 6.92 Å². The average Bonchev–Trinajstić information content (AvgIpc) is 2.03. The first-order chi connectivity index (χ1) is 5.74. The van der Waals surface area contributed by atoms with Crippen molar-refractivity contribution in [2.45, 2.75) is 13.0 Å². The monoisotopic (exact) mass is 173 g/mol. The van der Waals surface area contributed by atoms with Crippen molar-refractivity contribution >= 4 is 0 Å². The molecule has 0 amide bonds. The highest BCUT2D eigenvalue weighted by atomic mass is 16.5. The Kier molecular flexibility index (Phi) is 3.94. The molecule has 0 spiro atoms. The van der Waals surface area contributed by atoms with Crippen LogP contribution in [0.25, 0.3) is 0 Å². The Morgan fingerprint density at radius 3 is 2.83 bits per heavy atom. The van der Waals surface area contributed by atoms with Crippen LogP contribution in [0.15, 0.2) is 0 Å². The first-order valence-corrected chi connectivity index (χ1v) is 4.46. The second kappa shape index (κ2) is 4.77. The van der Waals surface area contributed by atoms with Crippen LogP contribution in [0.5, 0.6) is 0 Å². The Morgan fingerprint density at radius 2 is 2.25 bits per heavy atom. The zero-order chi connectivity index (χ0) is 8.97. The fourth-order valence-corrected chi connectivity index (χ4v) is 1.56. The second-order valence-electron chi connectivity index (χ2n) is 3.37. The van der Waals surface area contributed by atoms with Crippen LogP contribution in [-0.4, -0.2) is 55.8 Å². The van der Waals surface area contributed by atoms with E-state index in [1.54, 1.807) is 7.11 Å². The summed E-state index contributed by atoms with van der Waals surface area (Å²) in [5.74, 6) is 5.69. The molecule has 1 heterocycles. The van der Waals surface area contributed by atoms with Gasteiger partial charge in [0, 0.05) is 39.3 Å². The Morgan fingerprint density at radius 1 is 1.50 bits per heavy atom. The van der Waals surface area contributed by atoms with Crippen molar-refractivity contribution in [3.63, 3.8) is 0 Å². The van der Waals surface area contributed by atoms with Crippen LogP contribution in [0.2, 0.25) is 0 Å². The highest BCUT2D eigenvalue weighted by molar-refractivity contribution is 4.75. The van der Waals surface area contributed by atoms with E-state index < -0.39 is 0 Å². The first-order valence-electron chi connectivity index (χ1n) is 4.46. The van der Waals surface area contributed by atoms with Gasteiger partial charge in [-0.25, -0.2) is 5.01 Å². The van der Waals surface area contributed by atoms with E-state index in [9.17, 15) is 0 Å². The van der Waals surface area contributed by atoms with Crippen molar-refractivity contribution < 1.29 is 4.74 Å². The maximum atomic E-state index is 5.69. The third kappa shape index (κ3) is 2.71. The average molecular weight is 173 g/mol. The molecule has 0 aliphatic carbocycles. The minimum absolute atomic E-state index is 0.555. The van der Waals surface area contributed by atoms with Crippen molar-refractivity contribution in [2.75, 3.05) is 39.9 Å². The molecule has 1 atom stereocenters. The molecule has 4 heteroatoms. The Hall–Kier alpha value is -0.160. The normalized spacial score (nSPS) is 27.8. The summed E-state index contributed by atoms with van der Waals surface area (Å²) in [6.07, 6.45) is 0. The largest absolute Gasteiger partial charge is 0.383 e. The second-order valence-corrected chi connectivity index (χ2v) is 3.37. The van der Waals surface area contributed by atoms with Gasteiger partial charge < -0.3 is 4.74 Å². The van der Waals surface area contributed by atoms with Gasteiger partial charge in [0.1, 0.15) is 0 Å². The Labute approximate surface area is 74.2 Å². The number of piperazine rings is 1. The number of hydrazine groups is 1. The number of hydrogen-bond donors (Lipinski definition) is 1. The summed E-state index contributed by atoms with van der Waals surface area (Å²) >= 11 is 0. The molecule has 0 aromatic heterocycles. The van der Waals surface area contributed by atoms with E-state index in [-0.39, 0.29) is 0 Å². The van der Waals surface area contributed by atoms with Gasteiger partial charge in [-0.3, -0.25) is 10.7 Å². The number of rotatable bonds is 3. The number of ether oxygens (including phenoxy) is 1. The van der Waals surface area contributed by atoms with Crippen molar-refractivity contribution in [1.29, 1.82) is 0 Å². The summed E-state index contributed by atoms with van der Waals surface area (Å²) < 4.78 is 5.03. The summed E-state index contributed by atoms with van der Waals surface area (Å²) in [6, 6.07) is 0.555. The molecule has 0 saturated carbocycles. The van der Waals surface area contributed by atoms with E-state index in [1.807, 2.05) is 5.01 Å². The van der Waals surface area contributed by atoms with Crippen LogP contribution >= 0.6 is 0 Å². The highest BCUT2D eigenvalue weighted by Gasteiger charge is 2.20. The number of hydrogen-bond acceptors (Lipinski definition) is 4. The van der Waals surface area contributed by atoms with Crippen LogP contribution < -0.4 is 5.84 Å². The molecule has 4 nitrogen and oxygen atoms in total. The van der Waals surface area contributed by atoms with E-state index in [2.05, 4.69) is 11.8 Å².